The van der Waals surface area contributed by atoms with Gasteiger partial charge in [0, 0.05) is 24.6 Å². The molecular formula is C9H9ClN2O3. The molecule has 0 N–H and O–H groups in total. The molecule has 0 aromatic carbocycles. The lowest BCUT2D eigenvalue weighted by Gasteiger charge is -2.04. The summed E-state index contributed by atoms with van der Waals surface area (Å²) in [6.45, 7) is 3.82. The first-order chi connectivity index (χ1) is 7.04. The smallest absolute Gasteiger partial charge is 0.285 e. The van der Waals surface area contributed by atoms with Gasteiger partial charge < -0.3 is 4.57 Å². The first-order valence-electron chi connectivity index (χ1n) is 4.12. The van der Waals surface area contributed by atoms with E-state index in [1.165, 1.54) is 16.8 Å². The zero-order valence-corrected chi connectivity index (χ0v) is 8.61. The molecule has 0 unspecified atom stereocenters. The van der Waals surface area contributed by atoms with Crippen LogP contribution in [0.15, 0.2) is 35.3 Å². The van der Waals surface area contributed by atoms with E-state index in [4.69, 9.17) is 11.6 Å². The Bertz CT molecular complexity index is 453. The number of pyridine rings is 1. The third-order valence-electron chi connectivity index (χ3n) is 1.76. The lowest BCUT2D eigenvalue weighted by molar-refractivity contribution is -0.385. The Morgan fingerprint density at radius 3 is 2.80 bits per heavy atom. The summed E-state index contributed by atoms with van der Waals surface area (Å²) < 4.78 is 1.21. The highest BCUT2D eigenvalue weighted by Gasteiger charge is 2.07. The quantitative estimate of drug-likeness (QED) is 0.340. The lowest BCUT2D eigenvalue weighted by atomic mass is 10.3. The molecule has 0 bridgehead atoms. The van der Waals surface area contributed by atoms with Gasteiger partial charge in [0.15, 0.2) is 0 Å². The number of alkyl halides is 1. The monoisotopic (exact) mass is 228 g/mol. The minimum absolute atomic E-state index is 0.128. The molecule has 6 heteroatoms. The van der Waals surface area contributed by atoms with Gasteiger partial charge in [-0.25, -0.2) is 0 Å². The minimum Gasteiger partial charge on any atom is -0.305 e. The number of rotatable bonds is 4. The normalized spacial score (nSPS) is 9.93. The van der Waals surface area contributed by atoms with Crippen LogP contribution in [0.1, 0.15) is 0 Å². The molecule has 0 amide bonds. The predicted octanol–water partition coefficient (Wildman–Crippen LogP) is 1.55. The number of hydrogen-bond acceptors (Lipinski definition) is 3. The molecule has 1 aromatic heterocycles. The second-order valence-electron chi connectivity index (χ2n) is 2.99. The van der Waals surface area contributed by atoms with Gasteiger partial charge in [-0.2, -0.15) is 0 Å². The molecule has 0 saturated heterocycles. The number of nitro groups is 1. The summed E-state index contributed by atoms with van der Waals surface area (Å²) in [4.78, 5) is 21.2. The van der Waals surface area contributed by atoms with Gasteiger partial charge >= 0.3 is 0 Å². The molecule has 0 fully saturated rings. The van der Waals surface area contributed by atoms with Crippen LogP contribution >= 0.6 is 11.6 Å². The Hall–Kier alpha value is -1.62. The van der Waals surface area contributed by atoms with Gasteiger partial charge in [0.1, 0.15) is 0 Å². The molecule has 0 atom stereocenters. The number of aromatic nitrogens is 1. The summed E-state index contributed by atoms with van der Waals surface area (Å²) in [6, 6.07) is 2.32. The maximum atomic E-state index is 11.3. The highest BCUT2D eigenvalue weighted by atomic mass is 35.5. The molecule has 0 aliphatic carbocycles. The Balaban J connectivity index is 3.06. The third kappa shape index (κ3) is 2.92. The van der Waals surface area contributed by atoms with Crippen molar-refractivity contribution >= 4 is 17.3 Å². The van der Waals surface area contributed by atoms with Crippen LogP contribution in [-0.2, 0) is 6.54 Å². The van der Waals surface area contributed by atoms with E-state index in [0.29, 0.717) is 5.57 Å². The fourth-order valence-corrected chi connectivity index (χ4v) is 1.12. The van der Waals surface area contributed by atoms with Gasteiger partial charge in [-0.05, 0) is 5.57 Å². The van der Waals surface area contributed by atoms with Crippen LogP contribution in [0, 0.1) is 10.1 Å². The van der Waals surface area contributed by atoms with Crippen molar-refractivity contribution in [3.8, 4) is 0 Å². The molecule has 0 aliphatic rings. The largest absolute Gasteiger partial charge is 0.305 e. The van der Waals surface area contributed by atoms with E-state index in [-0.39, 0.29) is 23.7 Å². The lowest BCUT2D eigenvalue weighted by Crippen LogP contribution is -2.19. The van der Waals surface area contributed by atoms with Gasteiger partial charge in [-0.3, -0.25) is 14.9 Å². The molecular weight excluding hydrogens is 220 g/mol. The number of hydrogen-bond donors (Lipinski definition) is 0. The third-order valence-corrected chi connectivity index (χ3v) is 2.14. The van der Waals surface area contributed by atoms with Crippen molar-refractivity contribution in [3.05, 3.63) is 50.9 Å². The van der Waals surface area contributed by atoms with Gasteiger partial charge in [0.2, 0.25) is 0 Å². The van der Waals surface area contributed by atoms with Crippen LogP contribution in [0.25, 0.3) is 0 Å². The second-order valence-corrected chi connectivity index (χ2v) is 3.26. The number of allylic oxidation sites excluding steroid dienone is 1. The van der Waals surface area contributed by atoms with Crippen molar-refractivity contribution in [1.29, 1.82) is 0 Å². The van der Waals surface area contributed by atoms with Crippen molar-refractivity contribution in [3.63, 3.8) is 0 Å². The summed E-state index contributed by atoms with van der Waals surface area (Å²) >= 11 is 5.51. The molecule has 1 heterocycles. The highest BCUT2D eigenvalue weighted by Crippen LogP contribution is 2.07. The van der Waals surface area contributed by atoms with E-state index in [1.54, 1.807) is 0 Å². The Morgan fingerprint density at radius 1 is 1.60 bits per heavy atom. The van der Waals surface area contributed by atoms with Crippen molar-refractivity contribution in [2.24, 2.45) is 0 Å². The standard InChI is InChI=1S/C9H9ClN2O3/c1-7(4-10)5-11-6-8(12(14)15)2-3-9(11)13/h2-3,6H,1,4-5H2. The molecule has 1 aromatic rings. The molecule has 5 nitrogen and oxygen atoms in total. The van der Waals surface area contributed by atoms with Crippen molar-refractivity contribution in [1.82, 2.24) is 4.57 Å². The maximum absolute atomic E-state index is 11.3. The maximum Gasteiger partial charge on any atom is 0.285 e. The van der Waals surface area contributed by atoms with E-state index in [9.17, 15) is 14.9 Å². The predicted molar refractivity (Wildman–Crippen MR) is 57.2 cm³/mol. The molecule has 15 heavy (non-hydrogen) atoms. The summed E-state index contributed by atoms with van der Waals surface area (Å²) in [5.41, 5.74) is 0.183. The summed E-state index contributed by atoms with van der Waals surface area (Å²) in [6.07, 6.45) is 1.18. The van der Waals surface area contributed by atoms with E-state index >= 15 is 0 Å². The number of nitrogens with zero attached hydrogens (tertiary/aromatic N) is 2. The number of halogens is 1. The zero-order valence-electron chi connectivity index (χ0n) is 7.85. The Morgan fingerprint density at radius 2 is 2.27 bits per heavy atom. The summed E-state index contributed by atoms with van der Waals surface area (Å²) in [7, 11) is 0. The van der Waals surface area contributed by atoms with E-state index in [2.05, 4.69) is 6.58 Å². The Kier molecular flexibility index (Phi) is 3.62. The van der Waals surface area contributed by atoms with Gasteiger partial charge in [-0.15, -0.1) is 11.6 Å². The second kappa shape index (κ2) is 4.75. The molecule has 0 aliphatic heterocycles. The van der Waals surface area contributed by atoms with E-state index < -0.39 is 4.92 Å². The van der Waals surface area contributed by atoms with Crippen LogP contribution in [-0.4, -0.2) is 15.4 Å². The van der Waals surface area contributed by atoms with E-state index in [1.807, 2.05) is 0 Å². The summed E-state index contributed by atoms with van der Waals surface area (Å²) in [5, 5.41) is 10.5. The fraction of sp³-hybridized carbons (Fsp3) is 0.222. The van der Waals surface area contributed by atoms with Crippen LogP contribution in [0.3, 0.4) is 0 Å². The molecule has 80 valence electrons. The van der Waals surface area contributed by atoms with Gasteiger partial charge in [0.05, 0.1) is 11.1 Å². The molecule has 0 spiro atoms. The van der Waals surface area contributed by atoms with E-state index in [0.717, 1.165) is 6.07 Å². The van der Waals surface area contributed by atoms with Crippen LogP contribution in [0.4, 0.5) is 5.69 Å². The van der Waals surface area contributed by atoms with Gasteiger partial charge in [0.25, 0.3) is 11.2 Å². The molecule has 0 saturated carbocycles. The Labute approximate surface area is 90.7 Å². The van der Waals surface area contributed by atoms with Crippen LogP contribution < -0.4 is 5.56 Å². The van der Waals surface area contributed by atoms with Crippen LogP contribution in [0.2, 0.25) is 0 Å². The molecule has 0 radical (unpaired) electrons. The molecule has 1 rings (SSSR count). The first kappa shape index (κ1) is 11.5. The fourth-order valence-electron chi connectivity index (χ4n) is 1.03. The topological polar surface area (TPSA) is 65.1 Å². The van der Waals surface area contributed by atoms with Crippen molar-refractivity contribution < 1.29 is 4.92 Å². The van der Waals surface area contributed by atoms with Gasteiger partial charge in [-0.1, -0.05) is 6.58 Å². The first-order valence-corrected chi connectivity index (χ1v) is 4.65. The average Bonchev–Trinajstić information content (AvgIpc) is 2.20. The summed E-state index contributed by atoms with van der Waals surface area (Å²) in [5.74, 6) is 0.217. The van der Waals surface area contributed by atoms with Crippen molar-refractivity contribution in [2.75, 3.05) is 5.88 Å². The van der Waals surface area contributed by atoms with Crippen LogP contribution in [0.5, 0.6) is 0 Å². The minimum atomic E-state index is -0.556. The SMILES string of the molecule is C=C(CCl)Cn1cc([N+](=O)[O-])ccc1=O. The van der Waals surface area contributed by atoms with Crippen molar-refractivity contribution in [2.45, 2.75) is 6.54 Å². The highest BCUT2D eigenvalue weighted by molar-refractivity contribution is 6.19. The average molecular weight is 229 g/mol. The zero-order chi connectivity index (χ0) is 11.4.